The van der Waals surface area contributed by atoms with Gasteiger partial charge in [-0.3, -0.25) is 9.59 Å². The summed E-state index contributed by atoms with van der Waals surface area (Å²) in [6, 6.07) is 0. The van der Waals surface area contributed by atoms with E-state index in [1.807, 2.05) is 0 Å². The molecule has 10 heteroatoms. The maximum absolute atomic E-state index is 11.6. The van der Waals surface area contributed by atoms with Gasteiger partial charge in [-0.2, -0.15) is 0 Å². The molecule has 1 aromatic rings. The molecule has 2 amide bonds. The molecule has 0 saturated carbocycles. The Balaban J connectivity index is 1.76. The molecule has 2 N–H and O–H groups in total. The van der Waals surface area contributed by atoms with E-state index in [4.69, 9.17) is 4.74 Å². The number of aromatic nitrogens is 4. The largest absolute Gasteiger partial charge is 0.376 e. The average Bonchev–Trinajstić information content (AvgIpc) is 3.15. The van der Waals surface area contributed by atoms with Crippen LogP contribution in [0.15, 0.2) is 5.16 Å². The molecule has 1 aliphatic heterocycles. The first-order valence-electron chi connectivity index (χ1n) is 6.67. The van der Waals surface area contributed by atoms with Crippen molar-refractivity contribution in [3.05, 3.63) is 0 Å². The van der Waals surface area contributed by atoms with E-state index < -0.39 is 0 Å². The van der Waals surface area contributed by atoms with Crippen molar-refractivity contribution in [2.45, 2.75) is 30.6 Å². The van der Waals surface area contributed by atoms with E-state index in [9.17, 15) is 9.59 Å². The molecule has 0 aliphatic carbocycles. The Morgan fingerprint density at radius 1 is 1.48 bits per heavy atom. The number of hydrogen-bond donors (Lipinski definition) is 2. The number of rotatable bonds is 7. The van der Waals surface area contributed by atoms with Gasteiger partial charge in [0.05, 0.1) is 24.9 Å². The zero-order valence-electron chi connectivity index (χ0n) is 11.7. The lowest BCUT2D eigenvalue weighted by Gasteiger charge is -2.09. The van der Waals surface area contributed by atoms with E-state index in [0.717, 1.165) is 19.4 Å². The molecule has 1 fully saturated rings. The quantitative estimate of drug-likeness (QED) is 0.608. The van der Waals surface area contributed by atoms with Crippen molar-refractivity contribution >= 4 is 23.6 Å². The third-order valence-corrected chi connectivity index (χ3v) is 3.91. The van der Waals surface area contributed by atoms with Crippen molar-refractivity contribution in [1.29, 1.82) is 0 Å². The fourth-order valence-electron chi connectivity index (χ4n) is 1.84. The molecule has 2 rings (SSSR count). The second kappa shape index (κ2) is 7.93. The number of thioether (sulfide) groups is 1. The highest BCUT2D eigenvalue weighted by molar-refractivity contribution is 7.99. The smallest absolute Gasteiger partial charge is 0.239 e. The van der Waals surface area contributed by atoms with Gasteiger partial charge in [0, 0.05) is 13.7 Å². The molecule has 0 aromatic carbocycles. The van der Waals surface area contributed by atoms with Crippen LogP contribution in [0.5, 0.6) is 0 Å². The van der Waals surface area contributed by atoms with E-state index in [0.29, 0.717) is 11.7 Å². The first kappa shape index (κ1) is 15.7. The topological polar surface area (TPSA) is 111 Å². The molecule has 1 aliphatic rings. The lowest BCUT2D eigenvalue weighted by molar-refractivity contribution is -0.124. The van der Waals surface area contributed by atoms with Gasteiger partial charge in [-0.1, -0.05) is 11.8 Å². The van der Waals surface area contributed by atoms with Crippen molar-refractivity contribution in [1.82, 2.24) is 30.8 Å². The molecule has 2 heterocycles. The van der Waals surface area contributed by atoms with Gasteiger partial charge in [0.25, 0.3) is 0 Å². The van der Waals surface area contributed by atoms with Gasteiger partial charge in [-0.15, -0.1) is 5.10 Å². The van der Waals surface area contributed by atoms with Crippen LogP contribution in [-0.2, 0) is 20.9 Å². The van der Waals surface area contributed by atoms with Crippen LogP contribution in [-0.4, -0.2) is 64.1 Å². The maximum atomic E-state index is 11.6. The molecule has 1 aromatic heterocycles. The van der Waals surface area contributed by atoms with Crippen molar-refractivity contribution < 1.29 is 14.3 Å². The fourth-order valence-corrected chi connectivity index (χ4v) is 2.56. The van der Waals surface area contributed by atoms with E-state index >= 15 is 0 Å². The van der Waals surface area contributed by atoms with Gasteiger partial charge in [-0.05, 0) is 23.3 Å². The molecule has 1 saturated heterocycles. The highest BCUT2D eigenvalue weighted by atomic mass is 32.2. The number of likely N-dealkylation sites (N-methyl/N-ethyl adjacent to an activating group) is 1. The van der Waals surface area contributed by atoms with E-state index in [2.05, 4.69) is 26.2 Å². The molecule has 9 nitrogen and oxygen atoms in total. The summed E-state index contributed by atoms with van der Waals surface area (Å²) < 4.78 is 7.18. The predicted molar refractivity (Wildman–Crippen MR) is 74.6 cm³/mol. The summed E-state index contributed by atoms with van der Waals surface area (Å²) in [5, 5.41) is 16.9. The maximum Gasteiger partial charge on any atom is 0.239 e. The number of hydrogen-bond acceptors (Lipinski definition) is 7. The van der Waals surface area contributed by atoms with Gasteiger partial charge in [0.1, 0.15) is 0 Å². The second-order valence-corrected chi connectivity index (χ2v) is 5.46. The zero-order valence-corrected chi connectivity index (χ0v) is 12.6. The molecule has 0 radical (unpaired) electrons. The molecule has 0 unspecified atom stereocenters. The molecule has 116 valence electrons. The van der Waals surface area contributed by atoms with Gasteiger partial charge in [0.15, 0.2) is 0 Å². The molecule has 21 heavy (non-hydrogen) atoms. The van der Waals surface area contributed by atoms with Crippen LogP contribution in [0.25, 0.3) is 0 Å². The number of carbonyl (C=O) groups is 2. The first-order chi connectivity index (χ1) is 10.2. The highest BCUT2D eigenvalue weighted by Gasteiger charge is 2.19. The lowest BCUT2D eigenvalue weighted by atomic mass is 10.2. The molecule has 0 bridgehead atoms. The van der Waals surface area contributed by atoms with Crippen LogP contribution < -0.4 is 10.6 Å². The van der Waals surface area contributed by atoms with Crippen molar-refractivity contribution in [3.8, 4) is 0 Å². The van der Waals surface area contributed by atoms with Crippen molar-refractivity contribution in [3.63, 3.8) is 0 Å². The molecule has 0 spiro atoms. The summed E-state index contributed by atoms with van der Waals surface area (Å²) in [7, 11) is 1.52. The van der Waals surface area contributed by atoms with E-state index in [1.165, 1.54) is 18.8 Å². The Bertz CT molecular complexity index is 488. The minimum absolute atomic E-state index is 0.0310. The van der Waals surface area contributed by atoms with Gasteiger partial charge < -0.3 is 15.4 Å². The van der Waals surface area contributed by atoms with Gasteiger partial charge in [0.2, 0.25) is 17.0 Å². The average molecular weight is 314 g/mol. The Kier molecular flexibility index (Phi) is 5.93. The first-order valence-corrected chi connectivity index (χ1v) is 7.65. The van der Waals surface area contributed by atoms with Crippen LogP contribution in [0, 0.1) is 0 Å². The van der Waals surface area contributed by atoms with Crippen LogP contribution in [0.1, 0.15) is 12.8 Å². The standard InChI is InChI=1S/C11H18N6O3S/c1-12-9(18)5-13-10(19)7-21-11-14-15-16-17(11)6-8-3-2-4-20-8/h8H,2-7H2,1H3,(H,12,18)(H,13,19)/t8-/m1/s1. The molecule has 1 atom stereocenters. The molecular weight excluding hydrogens is 296 g/mol. The molecular formula is C11H18N6O3S. The number of tetrazole rings is 1. The van der Waals surface area contributed by atoms with E-state index in [1.54, 1.807) is 4.68 Å². The number of carbonyl (C=O) groups excluding carboxylic acids is 2. The minimum Gasteiger partial charge on any atom is -0.376 e. The van der Waals surface area contributed by atoms with Gasteiger partial charge in [-0.25, -0.2) is 4.68 Å². The third kappa shape index (κ3) is 4.97. The number of amides is 2. The number of nitrogens with zero attached hydrogens (tertiary/aromatic N) is 4. The van der Waals surface area contributed by atoms with Crippen LogP contribution >= 0.6 is 11.8 Å². The Hall–Kier alpha value is -1.68. The van der Waals surface area contributed by atoms with Crippen molar-refractivity contribution in [2.24, 2.45) is 0 Å². The summed E-state index contributed by atoms with van der Waals surface area (Å²) in [5.74, 6) is -0.324. The number of nitrogens with one attached hydrogen (secondary N) is 2. The summed E-state index contributed by atoms with van der Waals surface area (Å²) in [5.41, 5.74) is 0. The highest BCUT2D eigenvalue weighted by Crippen LogP contribution is 2.18. The third-order valence-electron chi connectivity index (χ3n) is 2.96. The second-order valence-electron chi connectivity index (χ2n) is 4.52. The van der Waals surface area contributed by atoms with Gasteiger partial charge >= 0.3 is 0 Å². The monoisotopic (exact) mass is 314 g/mol. The minimum atomic E-state index is -0.240. The van der Waals surface area contributed by atoms with Crippen LogP contribution in [0.4, 0.5) is 0 Å². The normalized spacial score (nSPS) is 17.7. The fraction of sp³-hybridized carbons (Fsp3) is 0.727. The summed E-state index contributed by atoms with van der Waals surface area (Å²) in [6.07, 6.45) is 2.18. The Labute approximate surface area is 126 Å². The number of ether oxygens (including phenoxy) is 1. The summed E-state index contributed by atoms with van der Waals surface area (Å²) in [4.78, 5) is 22.6. The summed E-state index contributed by atoms with van der Waals surface area (Å²) in [6.45, 7) is 1.34. The van der Waals surface area contributed by atoms with Crippen molar-refractivity contribution in [2.75, 3.05) is 26.0 Å². The predicted octanol–water partition coefficient (Wildman–Crippen LogP) is -1.19. The van der Waals surface area contributed by atoms with E-state index in [-0.39, 0.29) is 30.2 Å². The van der Waals surface area contributed by atoms with Crippen LogP contribution in [0.3, 0.4) is 0 Å². The summed E-state index contributed by atoms with van der Waals surface area (Å²) >= 11 is 1.23. The van der Waals surface area contributed by atoms with Crippen LogP contribution in [0.2, 0.25) is 0 Å². The lowest BCUT2D eigenvalue weighted by Crippen LogP contribution is -2.36. The Morgan fingerprint density at radius 3 is 3.05 bits per heavy atom. The Morgan fingerprint density at radius 2 is 2.33 bits per heavy atom. The SMILES string of the molecule is CNC(=O)CNC(=O)CSc1nnnn1C[C@H]1CCCO1. The zero-order chi connectivity index (χ0) is 15.1.